The Balaban J connectivity index is 0.911. The van der Waals surface area contributed by atoms with Crippen LogP contribution in [0.5, 0.6) is 0 Å². The Kier molecular flexibility index (Phi) is 7.48. The predicted octanol–water partition coefficient (Wildman–Crippen LogP) is 3.13. The maximum Gasteiger partial charge on any atom is 0.272 e. The minimum Gasteiger partial charge on any atom is -0.335 e. The van der Waals surface area contributed by atoms with Crippen LogP contribution in [0.4, 0.5) is 5.69 Å². The molecule has 3 aliphatic heterocycles. The number of imidazole rings is 1. The molecule has 2 aromatic heterocycles. The lowest BCUT2D eigenvalue weighted by molar-refractivity contribution is -0.134. The van der Waals surface area contributed by atoms with Gasteiger partial charge in [0.25, 0.3) is 11.8 Å². The van der Waals surface area contributed by atoms with Crippen LogP contribution in [0.2, 0.25) is 0 Å². The van der Waals surface area contributed by atoms with Crippen molar-refractivity contribution >= 4 is 40.1 Å². The van der Waals surface area contributed by atoms with Gasteiger partial charge in [0.05, 0.1) is 5.69 Å². The zero-order chi connectivity index (χ0) is 32.8. The number of benzene rings is 3. The molecule has 3 aliphatic rings. The van der Waals surface area contributed by atoms with Gasteiger partial charge in [-0.05, 0) is 53.1 Å². The second-order valence-electron chi connectivity index (χ2n) is 12.4. The molecule has 12 nitrogen and oxygen atoms in total. The highest BCUT2D eigenvalue weighted by molar-refractivity contribution is 6.27. The van der Waals surface area contributed by atoms with Crippen molar-refractivity contribution in [3.63, 3.8) is 0 Å². The Morgan fingerprint density at radius 3 is 2.48 bits per heavy atom. The highest BCUT2D eigenvalue weighted by Crippen LogP contribution is 2.41. The number of nitrogens with zero attached hydrogens (tertiary/aromatic N) is 7. The lowest BCUT2D eigenvalue weighted by Crippen LogP contribution is -2.53. The zero-order valence-corrected chi connectivity index (χ0v) is 26.1. The third-order valence-electron chi connectivity index (χ3n) is 9.42. The van der Waals surface area contributed by atoms with Crippen molar-refractivity contribution in [1.29, 1.82) is 0 Å². The van der Waals surface area contributed by atoms with E-state index in [9.17, 15) is 19.2 Å². The average molecular weight is 641 g/mol. The minimum atomic E-state index is -0.701. The average Bonchev–Trinajstić information content (AvgIpc) is 3.75. The molecule has 240 valence electrons. The predicted molar refractivity (Wildman–Crippen MR) is 177 cm³/mol. The molecule has 48 heavy (non-hydrogen) atoms. The normalized spacial score (nSPS) is 18.1. The Labute approximate surface area is 276 Å². The van der Waals surface area contributed by atoms with Crippen LogP contribution in [0, 0.1) is 0 Å². The van der Waals surface area contributed by atoms with Crippen LogP contribution in [0.15, 0.2) is 85.6 Å². The van der Waals surface area contributed by atoms with Crippen molar-refractivity contribution < 1.29 is 19.2 Å². The first-order valence-electron chi connectivity index (χ1n) is 16.1. The Morgan fingerprint density at radius 2 is 1.71 bits per heavy atom. The molecule has 0 bridgehead atoms. The van der Waals surface area contributed by atoms with Crippen LogP contribution in [-0.4, -0.2) is 85.2 Å². The van der Waals surface area contributed by atoms with Gasteiger partial charge in [-0.15, -0.1) is 0 Å². The first-order chi connectivity index (χ1) is 23.4. The molecular weight excluding hydrogens is 608 g/mol. The number of carbonyl (C=O) groups excluding carboxylic acids is 4. The summed E-state index contributed by atoms with van der Waals surface area (Å²) < 4.78 is 1.67. The number of carbonyl (C=O) groups is 4. The van der Waals surface area contributed by atoms with E-state index in [2.05, 4.69) is 49.4 Å². The Bertz CT molecular complexity index is 2070. The third-order valence-corrected chi connectivity index (χ3v) is 9.42. The second kappa shape index (κ2) is 12.1. The van der Waals surface area contributed by atoms with Crippen molar-refractivity contribution in [2.75, 3.05) is 31.1 Å². The Hall–Kier alpha value is -5.75. The molecule has 5 heterocycles. The van der Waals surface area contributed by atoms with Gasteiger partial charge in [-0.3, -0.25) is 38.9 Å². The summed E-state index contributed by atoms with van der Waals surface area (Å²) in [6, 6.07) is 19.2. The summed E-state index contributed by atoms with van der Waals surface area (Å²) in [4.78, 5) is 69.5. The van der Waals surface area contributed by atoms with Crippen molar-refractivity contribution in [2.24, 2.45) is 0 Å². The molecule has 5 aromatic rings. The van der Waals surface area contributed by atoms with Crippen LogP contribution >= 0.6 is 0 Å². The number of imide groups is 1. The van der Waals surface area contributed by atoms with E-state index in [1.54, 1.807) is 40.5 Å². The van der Waals surface area contributed by atoms with Gasteiger partial charge in [0.1, 0.15) is 18.1 Å². The number of rotatable bonds is 7. The van der Waals surface area contributed by atoms with Crippen LogP contribution in [0.25, 0.3) is 16.7 Å². The summed E-state index contributed by atoms with van der Waals surface area (Å²) in [6.07, 6.45) is 7.80. The van der Waals surface area contributed by atoms with Gasteiger partial charge in [0, 0.05) is 68.7 Å². The van der Waals surface area contributed by atoms with Crippen molar-refractivity contribution in [2.45, 2.75) is 31.8 Å². The van der Waals surface area contributed by atoms with Gasteiger partial charge in [0.15, 0.2) is 0 Å². The van der Waals surface area contributed by atoms with E-state index in [1.807, 2.05) is 35.2 Å². The van der Waals surface area contributed by atoms with Gasteiger partial charge < -0.3 is 4.90 Å². The molecule has 1 unspecified atom stereocenters. The second-order valence-corrected chi connectivity index (χ2v) is 12.4. The van der Waals surface area contributed by atoms with Gasteiger partial charge >= 0.3 is 0 Å². The van der Waals surface area contributed by atoms with Gasteiger partial charge in [-0.1, -0.05) is 42.5 Å². The lowest BCUT2D eigenvalue weighted by atomic mass is 9.95. The lowest BCUT2D eigenvalue weighted by Gasteiger charge is -2.34. The fraction of sp³-hybridized carbons (Fsp3) is 0.250. The summed E-state index contributed by atoms with van der Waals surface area (Å²) in [5, 5.41) is 4.23. The van der Waals surface area contributed by atoms with Gasteiger partial charge in [-0.2, -0.15) is 0 Å². The van der Waals surface area contributed by atoms with E-state index in [-0.39, 0.29) is 24.1 Å². The van der Waals surface area contributed by atoms with Crippen molar-refractivity contribution in [3.05, 3.63) is 114 Å². The van der Waals surface area contributed by atoms with E-state index >= 15 is 0 Å². The highest BCUT2D eigenvalue weighted by Gasteiger charge is 2.40. The zero-order valence-electron chi connectivity index (χ0n) is 26.1. The molecule has 1 atom stereocenters. The van der Waals surface area contributed by atoms with Crippen LogP contribution < -0.4 is 10.2 Å². The number of piperazine rings is 1. The van der Waals surface area contributed by atoms with Crippen molar-refractivity contribution in [3.8, 4) is 5.95 Å². The molecule has 0 radical (unpaired) electrons. The fourth-order valence-electron chi connectivity index (χ4n) is 6.94. The first kappa shape index (κ1) is 29.6. The summed E-state index contributed by atoms with van der Waals surface area (Å²) in [5.74, 6) is -0.616. The molecular formula is C36H32N8O4. The molecule has 1 N–H and O–H groups in total. The van der Waals surface area contributed by atoms with E-state index < -0.39 is 11.9 Å². The molecule has 12 heteroatoms. The topological polar surface area (TPSA) is 134 Å². The molecule has 0 saturated carbocycles. The largest absolute Gasteiger partial charge is 0.335 e. The van der Waals surface area contributed by atoms with Gasteiger partial charge in [0.2, 0.25) is 17.8 Å². The molecule has 4 amide bonds. The van der Waals surface area contributed by atoms with E-state index in [4.69, 9.17) is 0 Å². The number of aromatic nitrogens is 4. The molecule has 0 spiro atoms. The summed E-state index contributed by atoms with van der Waals surface area (Å²) in [6.45, 7) is 3.57. The standard InChI is InChI=1S/C36H32N8O4/c45-31-11-10-30(33(46)40-31)44-29-9-8-25(26-2-1-3-27(32(26)29)34(44)47)20-23-4-6-24(7-5-23)21-41-16-18-42(19-17-41)35(48)28-12-13-38-36(39-28)43-15-14-37-22-43/h1-9,12-15,22,30H,10-11,16-21H2,(H,40,45,46). The summed E-state index contributed by atoms with van der Waals surface area (Å²) in [5.41, 5.74) is 5.13. The maximum absolute atomic E-state index is 13.5. The quantitative estimate of drug-likeness (QED) is 0.269. The minimum absolute atomic E-state index is 0.0983. The highest BCUT2D eigenvalue weighted by atomic mass is 16.2. The van der Waals surface area contributed by atoms with E-state index in [0.717, 1.165) is 47.2 Å². The molecule has 2 saturated heterocycles. The molecule has 0 aliphatic carbocycles. The number of hydrogen-bond acceptors (Lipinski definition) is 8. The maximum atomic E-state index is 13.5. The van der Waals surface area contributed by atoms with Crippen molar-refractivity contribution in [1.82, 2.24) is 34.6 Å². The summed E-state index contributed by atoms with van der Waals surface area (Å²) >= 11 is 0. The monoisotopic (exact) mass is 640 g/mol. The van der Waals surface area contributed by atoms with Crippen LogP contribution in [0.3, 0.4) is 0 Å². The van der Waals surface area contributed by atoms with Crippen LogP contribution in [-0.2, 0) is 22.6 Å². The van der Waals surface area contributed by atoms with E-state index in [1.165, 1.54) is 5.56 Å². The first-order valence-corrected chi connectivity index (χ1v) is 16.1. The SMILES string of the molecule is O=C1CCC(N2C(=O)c3cccc4c(Cc5ccc(CN6CCN(C(=O)c7ccnc(-n8ccnc8)n7)CC6)cc5)ccc2c34)C(=O)N1. The van der Waals surface area contributed by atoms with Crippen LogP contribution in [0.1, 0.15) is 50.4 Å². The Morgan fingerprint density at radius 1 is 0.896 bits per heavy atom. The molecule has 3 aromatic carbocycles. The summed E-state index contributed by atoms with van der Waals surface area (Å²) in [7, 11) is 0. The fourth-order valence-corrected chi connectivity index (χ4v) is 6.94. The number of piperidine rings is 1. The van der Waals surface area contributed by atoms with Gasteiger partial charge in [-0.25, -0.2) is 15.0 Å². The number of hydrogen-bond donors (Lipinski definition) is 1. The molecule has 8 rings (SSSR count). The number of anilines is 1. The smallest absolute Gasteiger partial charge is 0.272 e. The van der Waals surface area contributed by atoms with E-state index in [0.29, 0.717) is 43.1 Å². The third kappa shape index (κ3) is 5.39. The number of amides is 4. The molecule has 2 fully saturated rings. The number of nitrogens with one attached hydrogen (secondary N) is 1.